The minimum atomic E-state index is -3.11. The van der Waals surface area contributed by atoms with Gasteiger partial charge >= 0.3 is 45.8 Å². The number of alkyl halides is 1. The molecule has 71 heavy (non-hydrogen) atoms. The van der Waals surface area contributed by atoms with Crippen molar-refractivity contribution in [2.75, 3.05) is 33.0 Å². The van der Waals surface area contributed by atoms with Gasteiger partial charge in [0.2, 0.25) is 0 Å². The van der Waals surface area contributed by atoms with E-state index in [4.69, 9.17) is 22.6 Å². The molecule has 0 N–H and O–H groups in total. The third kappa shape index (κ3) is 26.4. The van der Waals surface area contributed by atoms with Crippen LogP contribution in [0.25, 0.3) is 11.6 Å². The molecule has 0 spiro atoms. The number of carbonyl (C=O) groups excluding carboxylic acids is 1. The number of carbonyl (C=O) groups is 1. The smallest absolute Gasteiger partial charge is 1.00 e. The SMILES string of the molecule is BrCc1ccc(Br)cc1.Brc1ccc(C=C(c2ccccc2)c2ccccc2)cc1.C.CCOP(=O)(OCC)c1ccc(Br)cc1.CCOP(OCC)OCC.O=C(c1ccccc1)c1ccccc1.[H-].[Na+]. The van der Waals surface area contributed by atoms with Gasteiger partial charge in [-0.2, -0.15) is 0 Å². The first-order valence-corrected chi connectivity index (χ1v) is 28.5. The number of benzene rings is 7. The zero-order chi connectivity index (χ0) is 50.1. The number of ketones is 1. The van der Waals surface area contributed by atoms with Crippen molar-refractivity contribution in [2.45, 2.75) is 47.4 Å². The molecule has 7 rings (SSSR count). The van der Waals surface area contributed by atoms with Gasteiger partial charge < -0.3 is 24.0 Å². The average Bonchev–Trinajstić information content (AvgIpc) is 3.38. The quantitative estimate of drug-likeness (QED) is 0.0295. The maximum atomic E-state index is 12.3. The Bertz CT molecular complexity index is 2410. The van der Waals surface area contributed by atoms with Gasteiger partial charge in [-0.1, -0.05) is 217 Å². The van der Waals surface area contributed by atoms with Gasteiger partial charge in [0.05, 0.1) is 38.3 Å². The third-order valence-corrected chi connectivity index (χ3v) is 14.7. The molecule has 0 fully saturated rings. The number of hydrogen-bond acceptors (Lipinski definition) is 7. The summed E-state index contributed by atoms with van der Waals surface area (Å²) in [5.41, 5.74) is 7.66. The minimum Gasteiger partial charge on any atom is -1.00 e. The number of rotatable bonds is 17. The molecule has 0 saturated carbocycles. The van der Waals surface area contributed by atoms with Crippen molar-refractivity contribution in [3.8, 4) is 0 Å². The van der Waals surface area contributed by atoms with Crippen LogP contribution in [0.5, 0.6) is 0 Å². The molecule has 7 nitrogen and oxygen atoms in total. The van der Waals surface area contributed by atoms with Crippen LogP contribution in [0.3, 0.4) is 0 Å². The zero-order valence-corrected chi connectivity index (χ0v) is 50.7. The second kappa shape index (κ2) is 39.7. The van der Waals surface area contributed by atoms with Crippen molar-refractivity contribution < 1.29 is 63.0 Å². The predicted molar refractivity (Wildman–Crippen MR) is 311 cm³/mol. The van der Waals surface area contributed by atoms with E-state index in [9.17, 15) is 9.36 Å². The molecular formula is C57H65Br4NaO7P2. The van der Waals surface area contributed by atoms with E-state index in [0.29, 0.717) is 38.3 Å². The van der Waals surface area contributed by atoms with E-state index >= 15 is 0 Å². The van der Waals surface area contributed by atoms with E-state index in [1.165, 1.54) is 27.8 Å². The van der Waals surface area contributed by atoms with Crippen LogP contribution in [0.15, 0.2) is 208 Å². The Kier molecular flexibility index (Phi) is 37.1. The molecule has 0 aliphatic heterocycles. The summed E-state index contributed by atoms with van der Waals surface area (Å²) < 4.78 is 41.3. The summed E-state index contributed by atoms with van der Waals surface area (Å²) in [6, 6.07) is 63.4. The van der Waals surface area contributed by atoms with Crippen LogP contribution in [0.2, 0.25) is 0 Å². The molecule has 0 radical (unpaired) electrons. The summed E-state index contributed by atoms with van der Waals surface area (Å²) in [4.78, 5) is 11.8. The first-order valence-electron chi connectivity index (χ1n) is 22.4. The van der Waals surface area contributed by atoms with E-state index in [2.05, 4.69) is 155 Å². The van der Waals surface area contributed by atoms with Gasteiger partial charge in [0, 0.05) is 29.9 Å². The van der Waals surface area contributed by atoms with Crippen LogP contribution in [0.4, 0.5) is 0 Å². The maximum Gasteiger partial charge on any atom is 1.00 e. The molecule has 0 unspecified atom stereocenters. The molecule has 0 amide bonds. The van der Waals surface area contributed by atoms with Crippen LogP contribution in [0, 0.1) is 0 Å². The molecule has 374 valence electrons. The molecule has 0 aliphatic carbocycles. The molecular weight excluding hydrogens is 1200 g/mol. The number of halogens is 4. The van der Waals surface area contributed by atoms with Crippen molar-refractivity contribution in [3.05, 3.63) is 241 Å². The van der Waals surface area contributed by atoms with Crippen molar-refractivity contribution >= 4 is 103 Å². The molecule has 0 aliphatic rings. The monoisotopic (exact) mass is 1260 g/mol. The first-order chi connectivity index (χ1) is 33.5. The molecule has 14 heteroatoms. The Morgan fingerprint density at radius 1 is 0.493 bits per heavy atom. The van der Waals surface area contributed by atoms with Crippen molar-refractivity contribution in [1.82, 2.24) is 0 Å². The predicted octanol–water partition coefficient (Wildman–Crippen LogP) is 15.7. The van der Waals surface area contributed by atoms with Crippen LogP contribution < -0.4 is 34.9 Å². The van der Waals surface area contributed by atoms with E-state index in [-0.39, 0.29) is 44.2 Å². The van der Waals surface area contributed by atoms with E-state index in [1.807, 2.05) is 118 Å². The number of hydrogen-bond donors (Lipinski definition) is 0. The fourth-order valence-electron chi connectivity index (χ4n) is 5.79. The van der Waals surface area contributed by atoms with Crippen molar-refractivity contribution in [1.29, 1.82) is 0 Å². The Hall–Kier alpha value is -2.67. The summed E-state index contributed by atoms with van der Waals surface area (Å²) in [5.74, 6) is 0.0752. The van der Waals surface area contributed by atoms with Crippen molar-refractivity contribution in [2.24, 2.45) is 0 Å². The molecule has 0 atom stereocenters. The van der Waals surface area contributed by atoms with Crippen LogP contribution in [-0.4, -0.2) is 38.8 Å². The van der Waals surface area contributed by atoms with Crippen LogP contribution >= 0.6 is 79.9 Å². The molecule has 0 heterocycles. The normalized spacial score (nSPS) is 10.1. The third-order valence-electron chi connectivity index (χ3n) is 8.93. The second-order valence-electron chi connectivity index (χ2n) is 13.9. The second-order valence-corrected chi connectivity index (χ2v) is 20.5. The van der Waals surface area contributed by atoms with Crippen LogP contribution in [-0.2, 0) is 32.5 Å². The Labute approximate surface area is 482 Å². The van der Waals surface area contributed by atoms with Gasteiger partial charge in [-0.3, -0.25) is 9.36 Å². The first kappa shape index (κ1) is 66.3. The molecule has 0 saturated heterocycles. The summed E-state index contributed by atoms with van der Waals surface area (Å²) in [5, 5.41) is 1.52. The standard InChI is InChI=1S/C20H15Br.C13H10O.C10H14BrO3P.C7H6Br2.C6H15O3P.CH4.Na.H/c21-19-13-11-16(12-14-19)15-20(17-7-3-1-4-8-17)18-9-5-2-6-10-18;14-13(11-7-3-1-4-8-11)12-9-5-2-6-10-12;1-3-13-15(12,14-4-2)10-7-5-9(11)6-8-10;8-5-6-1-3-7(9)4-2-6;1-4-7-10(8-5-2)9-6-3;;;/h1-15H;1-10H;5-8H,3-4H2,1-2H3;1-4H,5H2;4-6H2,1-3H3;1H4;;/q;;;;;;+1;-1. The van der Waals surface area contributed by atoms with Crippen LogP contribution in [0.1, 0.15) is 81.6 Å². The summed E-state index contributed by atoms with van der Waals surface area (Å²) in [6.07, 6.45) is 2.23. The fourth-order valence-corrected chi connectivity index (χ4v) is 9.38. The van der Waals surface area contributed by atoms with Gasteiger partial charge in [-0.05, 0) is 117 Å². The largest absolute Gasteiger partial charge is 1.00 e. The Morgan fingerprint density at radius 2 is 0.817 bits per heavy atom. The molecule has 7 aromatic rings. The van der Waals surface area contributed by atoms with Gasteiger partial charge in [0.25, 0.3) is 0 Å². The minimum absolute atomic E-state index is 0. The van der Waals surface area contributed by atoms with E-state index in [1.54, 1.807) is 26.0 Å². The molecule has 0 bridgehead atoms. The summed E-state index contributed by atoms with van der Waals surface area (Å²) in [6.45, 7) is 12.0. The van der Waals surface area contributed by atoms with E-state index < -0.39 is 16.2 Å². The molecule has 0 aromatic heterocycles. The molecule has 7 aromatic carbocycles. The topological polar surface area (TPSA) is 80.3 Å². The average molecular weight is 1270 g/mol. The fraction of sp³-hybridized carbons (Fsp3) is 0.211. The van der Waals surface area contributed by atoms with Gasteiger partial charge in [0.15, 0.2) is 5.78 Å². The van der Waals surface area contributed by atoms with Gasteiger partial charge in [-0.25, -0.2) is 0 Å². The summed E-state index contributed by atoms with van der Waals surface area (Å²) in [7, 11) is -4.17. The zero-order valence-electron chi connectivity index (χ0n) is 41.6. The van der Waals surface area contributed by atoms with Gasteiger partial charge in [0.1, 0.15) is 0 Å². The van der Waals surface area contributed by atoms with Gasteiger partial charge in [-0.15, -0.1) is 0 Å². The maximum absolute atomic E-state index is 12.3. The van der Waals surface area contributed by atoms with Crippen molar-refractivity contribution in [3.63, 3.8) is 0 Å². The Morgan fingerprint density at radius 3 is 1.14 bits per heavy atom. The summed E-state index contributed by atoms with van der Waals surface area (Å²) >= 11 is 13.5. The Balaban J connectivity index is 0.000000895. The van der Waals surface area contributed by atoms with E-state index in [0.717, 1.165) is 29.9 Å².